The first kappa shape index (κ1) is 20.4. The Labute approximate surface area is 174 Å². The highest BCUT2D eigenvalue weighted by atomic mass is 32.1. The predicted molar refractivity (Wildman–Crippen MR) is 125 cm³/mol. The molecule has 148 valence electrons. The van der Waals surface area contributed by atoms with Crippen molar-refractivity contribution < 1.29 is 0 Å². The van der Waals surface area contributed by atoms with Crippen LogP contribution in [0.2, 0.25) is 0 Å². The van der Waals surface area contributed by atoms with E-state index in [-0.39, 0.29) is 0 Å². The molecule has 1 aromatic heterocycles. The first-order valence-corrected chi connectivity index (χ1v) is 10.6. The number of nitrogens with zero attached hydrogens (tertiary/aromatic N) is 2. The number of aryl methyl sites for hydroxylation is 2. The Bertz CT molecular complexity index is 973. The lowest BCUT2D eigenvalue weighted by atomic mass is 10.1. The van der Waals surface area contributed by atoms with Gasteiger partial charge in [0.15, 0.2) is 5.11 Å². The number of hydrogen-bond donors (Lipinski definition) is 1. The summed E-state index contributed by atoms with van der Waals surface area (Å²) >= 11 is 5.87. The molecule has 0 aliphatic heterocycles. The molecule has 0 aliphatic rings. The van der Waals surface area contributed by atoms with E-state index in [4.69, 9.17) is 12.2 Å². The van der Waals surface area contributed by atoms with Crippen molar-refractivity contribution in [3.8, 4) is 0 Å². The molecular formula is C24H31N3S. The molecular weight excluding hydrogens is 362 g/mol. The molecule has 2 aromatic carbocycles. The number of anilines is 1. The minimum Gasteiger partial charge on any atom is -0.347 e. The normalized spacial score (nSPS) is 12.2. The van der Waals surface area contributed by atoms with Gasteiger partial charge in [0.05, 0.1) is 0 Å². The largest absolute Gasteiger partial charge is 0.347 e. The van der Waals surface area contributed by atoms with Gasteiger partial charge >= 0.3 is 0 Å². The second kappa shape index (κ2) is 8.78. The van der Waals surface area contributed by atoms with Gasteiger partial charge in [-0.15, -0.1) is 0 Å². The zero-order valence-corrected chi connectivity index (χ0v) is 18.4. The highest BCUT2D eigenvalue weighted by Gasteiger charge is 2.19. The van der Waals surface area contributed by atoms with Crippen LogP contribution in [-0.4, -0.2) is 20.6 Å². The number of hydrogen-bond acceptors (Lipinski definition) is 1. The highest BCUT2D eigenvalue weighted by Crippen LogP contribution is 2.25. The molecule has 0 aliphatic carbocycles. The lowest BCUT2D eigenvalue weighted by molar-refractivity contribution is 0.320. The molecule has 1 unspecified atom stereocenters. The van der Waals surface area contributed by atoms with E-state index in [1.807, 2.05) is 0 Å². The molecule has 0 saturated carbocycles. The number of para-hydroxylation sites is 1. The standard InChI is InChI=1S/C24H31N3S/c1-6-18(4)27(24(28)25-22-13-10-11-17(3)19(22)5)16-20-15-26(7-2)23-14-9-8-12-21(20)23/h8-15,18H,6-7,16H2,1-5H3,(H,25,28). The summed E-state index contributed by atoms with van der Waals surface area (Å²) in [5, 5.41) is 5.61. The fourth-order valence-corrected chi connectivity index (χ4v) is 3.97. The van der Waals surface area contributed by atoms with E-state index in [0.717, 1.165) is 30.3 Å². The molecule has 1 N–H and O–H groups in total. The third-order valence-electron chi connectivity index (χ3n) is 5.78. The maximum atomic E-state index is 5.87. The molecule has 0 radical (unpaired) electrons. The van der Waals surface area contributed by atoms with Crippen LogP contribution < -0.4 is 5.32 Å². The Hall–Kier alpha value is -2.33. The van der Waals surface area contributed by atoms with E-state index in [1.54, 1.807) is 0 Å². The van der Waals surface area contributed by atoms with Crippen molar-refractivity contribution in [1.82, 2.24) is 9.47 Å². The van der Waals surface area contributed by atoms with E-state index in [0.29, 0.717) is 6.04 Å². The van der Waals surface area contributed by atoms with Crippen LogP contribution in [0.15, 0.2) is 48.7 Å². The van der Waals surface area contributed by atoms with E-state index >= 15 is 0 Å². The highest BCUT2D eigenvalue weighted by molar-refractivity contribution is 7.80. The molecule has 1 atom stereocenters. The molecule has 4 heteroatoms. The van der Waals surface area contributed by atoms with E-state index in [9.17, 15) is 0 Å². The Morgan fingerprint density at radius 2 is 1.86 bits per heavy atom. The summed E-state index contributed by atoms with van der Waals surface area (Å²) in [6.45, 7) is 12.7. The molecule has 3 rings (SSSR count). The van der Waals surface area contributed by atoms with Crippen molar-refractivity contribution in [2.45, 2.75) is 60.2 Å². The van der Waals surface area contributed by atoms with Crippen molar-refractivity contribution in [3.63, 3.8) is 0 Å². The number of benzene rings is 2. The van der Waals surface area contributed by atoms with Crippen LogP contribution >= 0.6 is 12.2 Å². The lowest BCUT2D eigenvalue weighted by Gasteiger charge is -2.31. The van der Waals surface area contributed by atoms with E-state index in [2.05, 4.69) is 98.1 Å². The van der Waals surface area contributed by atoms with Gasteiger partial charge in [-0.3, -0.25) is 0 Å². The Kier molecular flexibility index (Phi) is 6.40. The van der Waals surface area contributed by atoms with Crippen LogP contribution in [0.5, 0.6) is 0 Å². The van der Waals surface area contributed by atoms with Crippen LogP contribution in [0, 0.1) is 13.8 Å². The maximum Gasteiger partial charge on any atom is 0.173 e. The van der Waals surface area contributed by atoms with E-state index in [1.165, 1.54) is 27.6 Å². The quantitative estimate of drug-likeness (QED) is 0.498. The van der Waals surface area contributed by atoms with Crippen LogP contribution in [0.25, 0.3) is 10.9 Å². The fraction of sp³-hybridized carbons (Fsp3) is 0.375. The lowest BCUT2D eigenvalue weighted by Crippen LogP contribution is -2.40. The molecule has 28 heavy (non-hydrogen) atoms. The van der Waals surface area contributed by atoms with Crippen LogP contribution in [0.3, 0.4) is 0 Å². The van der Waals surface area contributed by atoms with Crippen LogP contribution in [-0.2, 0) is 13.1 Å². The average Bonchev–Trinajstić information content (AvgIpc) is 3.06. The van der Waals surface area contributed by atoms with E-state index < -0.39 is 0 Å². The second-order valence-corrected chi connectivity index (χ2v) is 7.91. The number of fused-ring (bicyclic) bond motifs is 1. The average molecular weight is 394 g/mol. The number of thiocarbonyl (C=S) groups is 1. The van der Waals surface area contributed by atoms with Crippen molar-refractivity contribution in [1.29, 1.82) is 0 Å². The van der Waals surface area contributed by atoms with Crippen molar-refractivity contribution in [3.05, 3.63) is 65.4 Å². The molecule has 0 fully saturated rings. The van der Waals surface area contributed by atoms with Crippen molar-refractivity contribution >= 4 is 33.9 Å². The van der Waals surface area contributed by atoms with Gasteiger partial charge in [0.25, 0.3) is 0 Å². The Morgan fingerprint density at radius 1 is 1.11 bits per heavy atom. The molecule has 3 nitrogen and oxygen atoms in total. The molecule has 0 saturated heterocycles. The van der Waals surface area contributed by atoms with Gasteiger partial charge in [-0.25, -0.2) is 0 Å². The Morgan fingerprint density at radius 3 is 2.57 bits per heavy atom. The topological polar surface area (TPSA) is 20.2 Å². The summed E-state index contributed by atoms with van der Waals surface area (Å²) in [5.41, 5.74) is 6.22. The summed E-state index contributed by atoms with van der Waals surface area (Å²) in [7, 11) is 0. The Balaban J connectivity index is 1.91. The first-order valence-electron chi connectivity index (χ1n) is 10.2. The molecule has 0 amide bonds. The third-order valence-corrected chi connectivity index (χ3v) is 6.12. The zero-order chi connectivity index (χ0) is 20.3. The monoisotopic (exact) mass is 393 g/mol. The van der Waals surface area contributed by atoms with Gasteiger partial charge in [-0.05, 0) is 75.2 Å². The third kappa shape index (κ3) is 4.07. The number of nitrogens with one attached hydrogen (secondary N) is 1. The van der Waals surface area contributed by atoms with Gasteiger partial charge in [-0.2, -0.15) is 0 Å². The summed E-state index contributed by atoms with van der Waals surface area (Å²) in [5.74, 6) is 0. The zero-order valence-electron chi connectivity index (χ0n) is 17.6. The van der Waals surface area contributed by atoms with Crippen LogP contribution in [0.4, 0.5) is 5.69 Å². The van der Waals surface area contributed by atoms with Crippen molar-refractivity contribution in [2.75, 3.05) is 5.32 Å². The number of rotatable bonds is 6. The minimum atomic E-state index is 0.355. The van der Waals surface area contributed by atoms with Gasteiger partial charge in [0.1, 0.15) is 0 Å². The summed E-state index contributed by atoms with van der Waals surface area (Å²) in [4.78, 5) is 2.32. The molecule has 3 aromatic rings. The smallest absolute Gasteiger partial charge is 0.173 e. The van der Waals surface area contributed by atoms with Gasteiger partial charge in [0.2, 0.25) is 0 Å². The summed E-state index contributed by atoms with van der Waals surface area (Å²) in [6, 6.07) is 15.3. The minimum absolute atomic E-state index is 0.355. The molecule has 0 spiro atoms. The summed E-state index contributed by atoms with van der Waals surface area (Å²) < 4.78 is 2.32. The second-order valence-electron chi connectivity index (χ2n) is 7.52. The van der Waals surface area contributed by atoms with Gasteiger partial charge < -0.3 is 14.8 Å². The molecule has 1 heterocycles. The SMILES string of the molecule is CCC(C)N(Cc1cn(CC)c2ccccc12)C(=S)Nc1cccc(C)c1C. The number of aromatic nitrogens is 1. The predicted octanol–water partition coefficient (Wildman–Crippen LogP) is 6.28. The van der Waals surface area contributed by atoms with Crippen LogP contribution in [0.1, 0.15) is 43.9 Å². The summed E-state index contributed by atoms with van der Waals surface area (Å²) in [6.07, 6.45) is 3.32. The first-order chi connectivity index (χ1) is 13.5. The fourth-order valence-electron chi connectivity index (χ4n) is 3.62. The molecule has 0 bridgehead atoms. The van der Waals surface area contributed by atoms with Crippen molar-refractivity contribution in [2.24, 2.45) is 0 Å². The van der Waals surface area contributed by atoms with Gasteiger partial charge in [0, 0.05) is 41.9 Å². The maximum absolute atomic E-state index is 5.87. The van der Waals surface area contributed by atoms with Gasteiger partial charge in [-0.1, -0.05) is 37.3 Å².